The Bertz CT molecular complexity index is 787. The molecule has 0 aliphatic rings. The van der Waals surface area contributed by atoms with Gasteiger partial charge in [0.25, 0.3) is 0 Å². The Morgan fingerprint density at radius 1 is 1.28 bits per heavy atom. The molecule has 4 heteroatoms. The highest BCUT2D eigenvalue weighted by molar-refractivity contribution is 6.10. The molecular weight excluding hydrogens is 228 g/mol. The van der Waals surface area contributed by atoms with E-state index in [9.17, 15) is 4.79 Å². The first kappa shape index (κ1) is 10.8. The second-order valence-electron chi connectivity index (χ2n) is 4.49. The minimum absolute atomic E-state index is 0.212. The summed E-state index contributed by atoms with van der Waals surface area (Å²) in [4.78, 5) is 18.4. The number of rotatable bonds is 1. The summed E-state index contributed by atoms with van der Waals surface area (Å²) < 4.78 is 0. The van der Waals surface area contributed by atoms with Gasteiger partial charge in [-0.25, -0.2) is 4.79 Å². The van der Waals surface area contributed by atoms with E-state index in [-0.39, 0.29) is 5.69 Å². The quantitative estimate of drug-likeness (QED) is 0.687. The molecular formula is C14H12N2O2. The fourth-order valence-corrected chi connectivity index (χ4v) is 2.39. The lowest BCUT2D eigenvalue weighted by molar-refractivity contribution is 0.0691. The van der Waals surface area contributed by atoms with Gasteiger partial charge < -0.3 is 10.1 Å². The van der Waals surface area contributed by atoms with Crippen LogP contribution in [-0.4, -0.2) is 21.0 Å². The van der Waals surface area contributed by atoms with E-state index in [0.717, 1.165) is 32.9 Å². The molecule has 0 saturated heterocycles. The number of pyridine rings is 1. The highest BCUT2D eigenvalue weighted by Crippen LogP contribution is 2.29. The molecule has 3 rings (SSSR count). The van der Waals surface area contributed by atoms with Gasteiger partial charge in [0.05, 0.1) is 5.52 Å². The van der Waals surface area contributed by atoms with Gasteiger partial charge in [-0.05, 0) is 43.2 Å². The number of nitrogens with one attached hydrogen (secondary N) is 1. The van der Waals surface area contributed by atoms with Crippen molar-refractivity contribution in [3.63, 3.8) is 0 Å². The summed E-state index contributed by atoms with van der Waals surface area (Å²) in [5.74, 6) is -0.944. The second-order valence-corrected chi connectivity index (χ2v) is 4.49. The maximum Gasteiger partial charge on any atom is 0.352 e. The van der Waals surface area contributed by atoms with Crippen LogP contribution in [0.25, 0.3) is 21.8 Å². The van der Waals surface area contributed by atoms with Crippen LogP contribution in [0.4, 0.5) is 0 Å². The van der Waals surface area contributed by atoms with Crippen LogP contribution < -0.4 is 0 Å². The minimum Gasteiger partial charge on any atom is -0.477 e. The highest BCUT2D eigenvalue weighted by Gasteiger charge is 2.13. The smallest absolute Gasteiger partial charge is 0.352 e. The van der Waals surface area contributed by atoms with Crippen LogP contribution in [0.15, 0.2) is 24.4 Å². The summed E-state index contributed by atoms with van der Waals surface area (Å²) in [5, 5.41) is 11.0. The van der Waals surface area contributed by atoms with Gasteiger partial charge in [-0.3, -0.25) is 4.98 Å². The number of aromatic amines is 1. The van der Waals surface area contributed by atoms with E-state index in [0.29, 0.717) is 0 Å². The van der Waals surface area contributed by atoms with Crippen molar-refractivity contribution in [2.45, 2.75) is 13.8 Å². The van der Waals surface area contributed by atoms with Crippen LogP contribution in [0.2, 0.25) is 0 Å². The third-order valence-corrected chi connectivity index (χ3v) is 3.25. The number of carboxylic acid groups (broad SMARTS) is 1. The van der Waals surface area contributed by atoms with Gasteiger partial charge in [-0.1, -0.05) is 0 Å². The lowest BCUT2D eigenvalue weighted by atomic mass is 10.0. The number of nitrogens with zero attached hydrogens (tertiary/aromatic N) is 1. The second kappa shape index (κ2) is 3.57. The van der Waals surface area contributed by atoms with Crippen molar-refractivity contribution in [2.24, 2.45) is 0 Å². The van der Waals surface area contributed by atoms with Gasteiger partial charge in [0.15, 0.2) is 0 Å². The maximum absolute atomic E-state index is 11.1. The highest BCUT2D eigenvalue weighted by atomic mass is 16.4. The van der Waals surface area contributed by atoms with Crippen molar-refractivity contribution in [2.75, 3.05) is 0 Å². The van der Waals surface area contributed by atoms with Crippen LogP contribution in [0.5, 0.6) is 0 Å². The first-order valence-corrected chi connectivity index (χ1v) is 5.69. The Morgan fingerprint density at radius 3 is 2.78 bits per heavy atom. The average molecular weight is 240 g/mol. The summed E-state index contributed by atoms with van der Waals surface area (Å²) in [5.41, 5.74) is 4.08. The predicted octanol–water partition coefficient (Wildman–Crippen LogP) is 3.03. The Kier molecular flexibility index (Phi) is 2.13. The molecule has 0 aliphatic heterocycles. The molecule has 0 radical (unpaired) electrons. The van der Waals surface area contributed by atoms with E-state index >= 15 is 0 Å². The van der Waals surface area contributed by atoms with Gasteiger partial charge in [-0.2, -0.15) is 0 Å². The normalized spacial score (nSPS) is 11.2. The lowest BCUT2D eigenvalue weighted by Crippen LogP contribution is -1.94. The molecule has 0 fully saturated rings. The zero-order chi connectivity index (χ0) is 12.9. The molecule has 2 N–H and O–H groups in total. The number of aromatic carboxylic acids is 1. The molecule has 2 aromatic heterocycles. The van der Waals surface area contributed by atoms with E-state index in [1.165, 1.54) is 0 Å². The van der Waals surface area contributed by atoms with Crippen LogP contribution in [0, 0.1) is 13.8 Å². The molecule has 0 spiro atoms. The number of aromatic nitrogens is 2. The van der Waals surface area contributed by atoms with Crippen molar-refractivity contribution in [1.82, 2.24) is 9.97 Å². The Hall–Kier alpha value is -2.36. The predicted molar refractivity (Wildman–Crippen MR) is 70.0 cm³/mol. The first-order valence-electron chi connectivity index (χ1n) is 5.69. The molecule has 0 amide bonds. The van der Waals surface area contributed by atoms with Crippen molar-refractivity contribution in [1.29, 1.82) is 0 Å². The molecule has 0 bridgehead atoms. The molecule has 4 nitrogen and oxygen atoms in total. The number of H-pyrrole nitrogens is 1. The zero-order valence-corrected chi connectivity index (χ0v) is 10.1. The zero-order valence-electron chi connectivity index (χ0n) is 10.1. The van der Waals surface area contributed by atoms with E-state index in [1.807, 2.05) is 26.0 Å². The van der Waals surface area contributed by atoms with Gasteiger partial charge in [0.1, 0.15) is 5.69 Å². The largest absolute Gasteiger partial charge is 0.477 e. The van der Waals surface area contributed by atoms with Gasteiger partial charge >= 0.3 is 5.97 Å². The molecule has 0 atom stereocenters. The van der Waals surface area contributed by atoms with Crippen LogP contribution >= 0.6 is 0 Å². The third-order valence-electron chi connectivity index (χ3n) is 3.25. The van der Waals surface area contributed by atoms with Crippen LogP contribution in [0.3, 0.4) is 0 Å². The molecule has 2 heterocycles. The van der Waals surface area contributed by atoms with Crippen LogP contribution in [0.1, 0.15) is 21.6 Å². The van der Waals surface area contributed by atoms with Gasteiger partial charge in [0, 0.05) is 22.5 Å². The molecule has 18 heavy (non-hydrogen) atoms. The Morgan fingerprint density at radius 2 is 2.06 bits per heavy atom. The number of carboxylic acids is 1. The monoisotopic (exact) mass is 240 g/mol. The molecule has 1 aromatic carbocycles. The lowest BCUT2D eigenvalue weighted by Gasteiger charge is -2.05. The summed E-state index contributed by atoms with van der Waals surface area (Å²) in [7, 11) is 0. The van der Waals surface area contributed by atoms with E-state index < -0.39 is 5.97 Å². The van der Waals surface area contributed by atoms with Gasteiger partial charge in [-0.15, -0.1) is 0 Å². The topological polar surface area (TPSA) is 66.0 Å². The number of carbonyl (C=O) groups is 1. The Balaban J connectivity index is 2.55. The fraction of sp³-hybridized carbons (Fsp3) is 0.143. The summed E-state index contributed by atoms with van der Waals surface area (Å²) in [6.07, 6.45) is 1.77. The number of hydrogen-bond acceptors (Lipinski definition) is 2. The van der Waals surface area contributed by atoms with Crippen molar-refractivity contribution >= 4 is 27.8 Å². The maximum atomic E-state index is 11.1. The van der Waals surface area contributed by atoms with E-state index in [1.54, 1.807) is 12.3 Å². The third kappa shape index (κ3) is 1.39. The van der Waals surface area contributed by atoms with Crippen LogP contribution in [-0.2, 0) is 0 Å². The van der Waals surface area contributed by atoms with E-state index in [2.05, 4.69) is 9.97 Å². The summed E-state index contributed by atoms with van der Waals surface area (Å²) >= 11 is 0. The van der Waals surface area contributed by atoms with Crippen molar-refractivity contribution in [3.8, 4) is 0 Å². The first-order chi connectivity index (χ1) is 8.58. The molecule has 3 aromatic rings. The van der Waals surface area contributed by atoms with Crippen molar-refractivity contribution in [3.05, 3.63) is 41.2 Å². The number of fused-ring (bicyclic) bond motifs is 3. The molecule has 0 unspecified atom stereocenters. The number of benzene rings is 1. The molecule has 0 saturated carbocycles. The summed E-state index contributed by atoms with van der Waals surface area (Å²) in [6, 6.07) is 5.60. The SMILES string of the molecule is Cc1cc2nccc(C)c2c2cc(C(=O)O)[nH]c12. The van der Waals surface area contributed by atoms with Gasteiger partial charge in [0.2, 0.25) is 0 Å². The van der Waals surface area contributed by atoms with Crippen molar-refractivity contribution < 1.29 is 9.90 Å². The molecule has 90 valence electrons. The molecule has 0 aliphatic carbocycles. The Labute approximate surface area is 103 Å². The minimum atomic E-state index is -0.944. The number of aryl methyl sites for hydroxylation is 2. The fourth-order valence-electron chi connectivity index (χ4n) is 2.39. The number of hydrogen-bond donors (Lipinski definition) is 2. The standard InChI is InChI=1S/C14H12N2O2/c1-7-3-4-15-10-5-8(2)13-9(12(7)10)6-11(16-13)14(17)18/h3-6,16H,1-2H3,(H,17,18). The summed E-state index contributed by atoms with van der Waals surface area (Å²) in [6.45, 7) is 3.96. The average Bonchev–Trinajstić information content (AvgIpc) is 2.74. The van der Waals surface area contributed by atoms with E-state index in [4.69, 9.17) is 5.11 Å².